The van der Waals surface area contributed by atoms with E-state index in [-0.39, 0.29) is 17.3 Å². The van der Waals surface area contributed by atoms with E-state index in [0.717, 1.165) is 79.3 Å². The number of benzene rings is 1. The minimum Gasteiger partial charge on any atom is -0.325 e. The van der Waals surface area contributed by atoms with Gasteiger partial charge < -0.3 is 10.2 Å². The van der Waals surface area contributed by atoms with E-state index in [9.17, 15) is 9.59 Å². The molecule has 32 heavy (non-hydrogen) atoms. The van der Waals surface area contributed by atoms with E-state index < -0.39 is 0 Å². The summed E-state index contributed by atoms with van der Waals surface area (Å²) in [6.07, 6.45) is 5.00. The van der Waals surface area contributed by atoms with Gasteiger partial charge in [-0.05, 0) is 82.8 Å². The maximum atomic E-state index is 12.9. The molecule has 1 aromatic carbocycles. The number of hydrogen-bond donors (Lipinski definition) is 1. The van der Waals surface area contributed by atoms with Crippen molar-refractivity contribution in [2.24, 2.45) is 0 Å². The lowest BCUT2D eigenvalue weighted by molar-refractivity contribution is -0.113. The van der Waals surface area contributed by atoms with Gasteiger partial charge in [0.2, 0.25) is 5.91 Å². The highest BCUT2D eigenvalue weighted by Crippen LogP contribution is 2.29. The Labute approximate surface area is 195 Å². The van der Waals surface area contributed by atoms with Crippen LogP contribution in [0.2, 0.25) is 0 Å². The molecule has 1 aliphatic carbocycles. The molecule has 174 valence electrons. The summed E-state index contributed by atoms with van der Waals surface area (Å²) in [5.74, 6) is 0.177. The summed E-state index contributed by atoms with van der Waals surface area (Å²) in [6, 6.07) is 6.03. The van der Waals surface area contributed by atoms with Crippen LogP contribution >= 0.6 is 11.8 Å². The van der Waals surface area contributed by atoms with Gasteiger partial charge in [-0.2, -0.15) is 4.98 Å². The Morgan fingerprint density at radius 3 is 2.69 bits per heavy atom. The number of amides is 1. The Balaban J connectivity index is 1.70. The van der Waals surface area contributed by atoms with E-state index in [1.165, 1.54) is 17.3 Å². The lowest BCUT2D eigenvalue weighted by atomic mass is 9.97. The number of nitrogens with one attached hydrogen (secondary N) is 1. The fourth-order valence-corrected chi connectivity index (χ4v) is 5.16. The molecule has 1 aromatic heterocycles. The topological polar surface area (TPSA) is 67.2 Å². The lowest BCUT2D eigenvalue weighted by Crippen LogP contribution is -2.32. The van der Waals surface area contributed by atoms with Crippen LogP contribution in [0, 0.1) is 13.8 Å². The molecule has 0 spiro atoms. The molecule has 1 aliphatic rings. The molecule has 7 heteroatoms. The molecule has 0 saturated carbocycles. The smallest absolute Gasteiger partial charge is 0.325 e. The second-order valence-corrected chi connectivity index (χ2v) is 9.48. The summed E-state index contributed by atoms with van der Waals surface area (Å²) in [7, 11) is 0. The van der Waals surface area contributed by atoms with Crippen LogP contribution in [0.5, 0.6) is 0 Å². The van der Waals surface area contributed by atoms with Crippen molar-refractivity contribution < 1.29 is 4.79 Å². The number of aromatic nitrogens is 2. The van der Waals surface area contributed by atoms with Crippen molar-refractivity contribution in [3.05, 3.63) is 51.1 Å². The Kier molecular flexibility index (Phi) is 8.93. The number of carbonyl (C=O) groups excluding carboxylic acids is 1. The number of nitrogens with zero attached hydrogens (tertiary/aromatic N) is 3. The van der Waals surface area contributed by atoms with Gasteiger partial charge in [0.25, 0.3) is 0 Å². The predicted octanol–water partition coefficient (Wildman–Crippen LogP) is 4.20. The zero-order valence-electron chi connectivity index (χ0n) is 19.9. The number of thioether (sulfide) groups is 1. The summed E-state index contributed by atoms with van der Waals surface area (Å²) >= 11 is 1.39. The second kappa shape index (κ2) is 11.7. The molecule has 0 atom stereocenters. The molecule has 0 unspecified atom stereocenters. The molecule has 6 nitrogen and oxygen atoms in total. The normalized spacial score (nSPS) is 13.3. The molecule has 0 saturated heterocycles. The SMILES string of the molecule is CCN(CC)CCCn1c2c(c(SCC(=O)Nc3cc(C)ccc3C)nc1=O)CCCC2. The van der Waals surface area contributed by atoms with Crippen molar-refractivity contribution in [1.82, 2.24) is 14.5 Å². The first-order valence-corrected chi connectivity index (χ1v) is 12.8. The van der Waals surface area contributed by atoms with Crippen LogP contribution in [0.1, 0.15) is 55.5 Å². The standard InChI is InChI=1S/C25H36N4O2S/c1-5-28(6-2)14-9-15-29-22-11-8-7-10-20(22)24(27-25(29)31)32-17-23(30)26-21-16-18(3)12-13-19(21)4/h12-13,16H,5-11,14-15,17H2,1-4H3,(H,26,30). The molecular formula is C25H36N4O2S. The first-order chi connectivity index (χ1) is 15.4. The molecule has 0 radical (unpaired) electrons. The van der Waals surface area contributed by atoms with Gasteiger partial charge in [0.05, 0.1) is 5.75 Å². The third-order valence-electron chi connectivity index (χ3n) is 6.21. The number of rotatable bonds is 10. The van der Waals surface area contributed by atoms with Crippen molar-refractivity contribution in [2.75, 3.05) is 30.7 Å². The highest BCUT2D eigenvalue weighted by Gasteiger charge is 2.21. The van der Waals surface area contributed by atoms with Gasteiger partial charge in [-0.1, -0.05) is 37.7 Å². The average molecular weight is 457 g/mol. The fraction of sp³-hybridized carbons (Fsp3) is 0.560. The maximum Gasteiger partial charge on any atom is 0.348 e. The quantitative estimate of drug-likeness (QED) is 0.429. The van der Waals surface area contributed by atoms with Crippen molar-refractivity contribution in [2.45, 2.75) is 71.4 Å². The number of anilines is 1. The summed E-state index contributed by atoms with van der Waals surface area (Å²) in [4.78, 5) is 32.2. The summed E-state index contributed by atoms with van der Waals surface area (Å²) < 4.78 is 1.89. The Morgan fingerprint density at radius 2 is 1.94 bits per heavy atom. The minimum atomic E-state index is -0.178. The highest BCUT2D eigenvalue weighted by atomic mass is 32.2. The van der Waals surface area contributed by atoms with Gasteiger partial charge in [0, 0.05) is 23.5 Å². The molecule has 1 N–H and O–H groups in total. The minimum absolute atomic E-state index is 0.0709. The van der Waals surface area contributed by atoms with Crippen molar-refractivity contribution in [3.63, 3.8) is 0 Å². The third-order valence-corrected chi connectivity index (χ3v) is 7.23. The third kappa shape index (κ3) is 6.23. The maximum absolute atomic E-state index is 12.9. The Morgan fingerprint density at radius 1 is 1.19 bits per heavy atom. The second-order valence-electron chi connectivity index (χ2n) is 8.52. The monoisotopic (exact) mass is 456 g/mol. The number of hydrogen-bond acceptors (Lipinski definition) is 5. The average Bonchev–Trinajstić information content (AvgIpc) is 2.79. The first kappa shape index (κ1) is 24.5. The van der Waals surface area contributed by atoms with Crippen molar-refractivity contribution in [3.8, 4) is 0 Å². The Hall–Kier alpha value is -2.12. The largest absolute Gasteiger partial charge is 0.348 e. The number of fused-ring (bicyclic) bond motifs is 1. The number of aryl methyl sites for hydroxylation is 2. The van der Waals surface area contributed by atoms with Crippen LogP contribution in [0.4, 0.5) is 5.69 Å². The summed E-state index contributed by atoms with van der Waals surface area (Å²) in [5.41, 5.74) is 5.11. The van der Waals surface area contributed by atoms with Crippen LogP contribution in [0.15, 0.2) is 28.0 Å². The van der Waals surface area contributed by atoms with Crippen LogP contribution in [-0.2, 0) is 24.2 Å². The molecule has 1 heterocycles. The van der Waals surface area contributed by atoms with E-state index in [1.54, 1.807) is 0 Å². The van der Waals surface area contributed by atoms with Gasteiger partial charge in [-0.15, -0.1) is 0 Å². The zero-order valence-corrected chi connectivity index (χ0v) is 20.7. The predicted molar refractivity (Wildman–Crippen MR) is 133 cm³/mol. The Bertz CT molecular complexity index is 998. The van der Waals surface area contributed by atoms with Gasteiger partial charge in [0.15, 0.2) is 0 Å². The molecule has 2 aromatic rings. The van der Waals surface area contributed by atoms with E-state index in [0.29, 0.717) is 6.54 Å². The van der Waals surface area contributed by atoms with E-state index in [4.69, 9.17) is 0 Å². The van der Waals surface area contributed by atoms with E-state index >= 15 is 0 Å². The molecule has 0 aliphatic heterocycles. The van der Waals surface area contributed by atoms with Gasteiger partial charge in [-0.25, -0.2) is 4.79 Å². The first-order valence-electron chi connectivity index (χ1n) is 11.8. The van der Waals surface area contributed by atoms with Crippen molar-refractivity contribution >= 4 is 23.4 Å². The van der Waals surface area contributed by atoms with Crippen LogP contribution in [-0.4, -0.2) is 45.7 Å². The highest BCUT2D eigenvalue weighted by molar-refractivity contribution is 8.00. The molecule has 0 bridgehead atoms. The van der Waals surface area contributed by atoms with Crippen LogP contribution in [0.3, 0.4) is 0 Å². The molecule has 0 fully saturated rings. The lowest BCUT2D eigenvalue weighted by Gasteiger charge is -2.24. The van der Waals surface area contributed by atoms with Crippen LogP contribution in [0.25, 0.3) is 0 Å². The summed E-state index contributed by atoms with van der Waals surface area (Å²) in [5, 5.41) is 3.74. The molecule has 3 rings (SSSR count). The zero-order chi connectivity index (χ0) is 23.1. The molecule has 1 amide bonds. The van der Waals surface area contributed by atoms with Crippen molar-refractivity contribution in [1.29, 1.82) is 0 Å². The van der Waals surface area contributed by atoms with Gasteiger partial charge in [-0.3, -0.25) is 9.36 Å². The van der Waals surface area contributed by atoms with Crippen LogP contribution < -0.4 is 11.0 Å². The van der Waals surface area contributed by atoms with Gasteiger partial charge in [0.1, 0.15) is 5.03 Å². The van der Waals surface area contributed by atoms with E-state index in [2.05, 4.69) is 29.0 Å². The van der Waals surface area contributed by atoms with E-state index in [1.807, 2.05) is 36.6 Å². The molecular weight excluding hydrogens is 420 g/mol. The summed E-state index contributed by atoms with van der Waals surface area (Å²) in [6.45, 7) is 12.1. The number of carbonyl (C=O) groups is 1. The van der Waals surface area contributed by atoms with Gasteiger partial charge >= 0.3 is 5.69 Å². The fourth-order valence-electron chi connectivity index (χ4n) is 4.28.